The quantitative estimate of drug-likeness (QED) is 0.778. The van der Waals surface area contributed by atoms with Crippen LogP contribution < -0.4 is 14.8 Å². The second-order valence-electron chi connectivity index (χ2n) is 5.32. The third-order valence-corrected chi connectivity index (χ3v) is 3.95. The minimum atomic E-state index is 0.0839. The van der Waals surface area contributed by atoms with E-state index < -0.39 is 0 Å². The number of carbonyl (C=O) groups is 1. The number of nitrogens with one attached hydrogen (secondary N) is 1. The fourth-order valence-corrected chi connectivity index (χ4v) is 2.68. The third-order valence-electron chi connectivity index (χ3n) is 3.68. The molecule has 0 aliphatic heterocycles. The molecule has 0 bridgehead atoms. The van der Waals surface area contributed by atoms with Crippen LogP contribution in [0.5, 0.6) is 11.8 Å². The van der Waals surface area contributed by atoms with E-state index in [1.54, 1.807) is 19.5 Å². The predicted octanol–water partition coefficient (Wildman–Crippen LogP) is 2.31. The Labute approximate surface area is 135 Å². The first-order valence-electron chi connectivity index (χ1n) is 7.60. The van der Waals surface area contributed by atoms with Crippen LogP contribution in [0.15, 0.2) is 12.4 Å². The van der Waals surface area contributed by atoms with Gasteiger partial charge >= 0.3 is 0 Å². The van der Waals surface area contributed by atoms with Crippen molar-refractivity contribution < 1.29 is 14.3 Å². The number of hydrogen-bond donors (Lipinski definition) is 1. The molecule has 0 aromatic carbocycles. The van der Waals surface area contributed by atoms with Gasteiger partial charge in [0.25, 0.3) is 11.8 Å². The van der Waals surface area contributed by atoms with E-state index in [2.05, 4.69) is 15.3 Å². The molecule has 0 unspecified atom stereocenters. The molecule has 122 valence electrons. The van der Waals surface area contributed by atoms with Crippen molar-refractivity contribution in [3.05, 3.63) is 12.4 Å². The van der Waals surface area contributed by atoms with Crippen molar-refractivity contribution in [2.75, 3.05) is 13.0 Å². The molecule has 22 heavy (non-hydrogen) atoms. The molecule has 1 heterocycles. The zero-order valence-corrected chi connectivity index (χ0v) is 13.5. The molecule has 1 N–H and O–H groups in total. The van der Waals surface area contributed by atoms with Gasteiger partial charge in [0, 0.05) is 30.7 Å². The topological polar surface area (TPSA) is 73.3 Å². The summed E-state index contributed by atoms with van der Waals surface area (Å²) >= 11 is 5.59. The van der Waals surface area contributed by atoms with E-state index in [0.29, 0.717) is 24.1 Å². The van der Waals surface area contributed by atoms with Crippen molar-refractivity contribution in [3.8, 4) is 11.8 Å². The molecule has 1 aromatic heterocycles. The minimum absolute atomic E-state index is 0.0839. The summed E-state index contributed by atoms with van der Waals surface area (Å²) in [7, 11) is 1.55. The molecule has 0 atom stereocenters. The van der Waals surface area contributed by atoms with Crippen molar-refractivity contribution in [2.24, 2.45) is 0 Å². The summed E-state index contributed by atoms with van der Waals surface area (Å²) in [5.74, 6) is 1.44. The molecule has 0 saturated heterocycles. The van der Waals surface area contributed by atoms with Crippen molar-refractivity contribution in [1.29, 1.82) is 0 Å². The normalized spacial score (nSPS) is 21.2. The lowest BCUT2D eigenvalue weighted by Gasteiger charge is -2.29. The molecule has 7 heteroatoms. The molecule has 0 spiro atoms. The first kappa shape index (κ1) is 16.8. The van der Waals surface area contributed by atoms with E-state index in [1.165, 1.54) is 0 Å². The molecule has 2 rings (SSSR count). The summed E-state index contributed by atoms with van der Waals surface area (Å²) in [6.07, 6.45) is 8.01. The van der Waals surface area contributed by atoms with Crippen LogP contribution in [0, 0.1) is 0 Å². The fourth-order valence-electron chi connectivity index (χ4n) is 2.54. The number of alkyl halides is 1. The monoisotopic (exact) mass is 327 g/mol. The number of halogens is 1. The average Bonchev–Trinajstić information content (AvgIpc) is 2.55. The molecule has 1 aromatic rings. The summed E-state index contributed by atoms with van der Waals surface area (Å²) in [4.78, 5) is 19.9. The van der Waals surface area contributed by atoms with Crippen LogP contribution in [0.3, 0.4) is 0 Å². The smallest absolute Gasteiger partial charge is 0.278 e. The molecule has 1 aliphatic rings. The van der Waals surface area contributed by atoms with Crippen LogP contribution in [-0.4, -0.2) is 41.0 Å². The second kappa shape index (κ2) is 8.78. The maximum atomic E-state index is 11.7. The van der Waals surface area contributed by atoms with E-state index in [9.17, 15) is 4.79 Å². The zero-order chi connectivity index (χ0) is 15.8. The predicted molar refractivity (Wildman–Crippen MR) is 83.4 cm³/mol. The number of rotatable bonds is 7. The lowest BCUT2D eigenvalue weighted by molar-refractivity contribution is -0.122. The number of hydrogen-bond acceptors (Lipinski definition) is 5. The molecular formula is C15H22ClN3O3. The summed E-state index contributed by atoms with van der Waals surface area (Å²) in [5, 5.41) is 3.05. The van der Waals surface area contributed by atoms with E-state index in [0.717, 1.165) is 32.1 Å². The van der Waals surface area contributed by atoms with Gasteiger partial charge in [-0.15, -0.1) is 11.6 Å². The Hall–Kier alpha value is -1.56. The fraction of sp³-hybridized carbons (Fsp3) is 0.667. The highest BCUT2D eigenvalue weighted by Gasteiger charge is 2.24. The number of carbonyl (C=O) groups excluding carboxylic acids is 1. The third kappa shape index (κ3) is 5.02. The lowest BCUT2D eigenvalue weighted by Crippen LogP contribution is -2.39. The Morgan fingerprint density at radius 3 is 2.59 bits per heavy atom. The van der Waals surface area contributed by atoms with Gasteiger partial charge in [0.1, 0.15) is 6.10 Å². The van der Waals surface area contributed by atoms with Gasteiger partial charge in [-0.3, -0.25) is 4.79 Å². The summed E-state index contributed by atoms with van der Waals surface area (Å²) in [6.45, 7) is 0. The molecule has 1 aliphatic carbocycles. The molecule has 0 radical (unpaired) electrons. The van der Waals surface area contributed by atoms with Crippen molar-refractivity contribution >= 4 is 17.5 Å². The summed E-state index contributed by atoms with van der Waals surface area (Å²) < 4.78 is 11.0. The summed E-state index contributed by atoms with van der Waals surface area (Å²) in [5.41, 5.74) is 0. The van der Waals surface area contributed by atoms with Gasteiger partial charge in [0.15, 0.2) is 0 Å². The Morgan fingerprint density at radius 2 is 1.95 bits per heavy atom. The standard InChI is InChI=1S/C15H22ClN3O3/c1-21-14-15(18-10-9-17-14)22-12-6-4-11(5-7-12)19-13(20)3-2-8-16/h9-12H,2-8H2,1H3,(H,19,20). The van der Waals surface area contributed by atoms with Crippen LogP contribution in [-0.2, 0) is 4.79 Å². The number of nitrogens with zero attached hydrogens (tertiary/aromatic N) is 2. The molecule has 6 nitrogen and oxygen atoms in total. The highest BCUT2D eigenvalue weighted by atomic mass is 35.5. The lowest BCUT2D eigenvalue weighted by atomic mass is 9.93. The van der Waals surface area contributed by atoms with E-state index in [4.69, 9.17) is 21.1 Å². The SMILES string of the molecule is COc1nccnc1OC1CCC(NC(=O)CCCCl)CC1. The van der Waals surface area contributed by atoms with Crippen molar-refractivity contribution in [1.82, 2.24) is 15.3 Å². The second-order valence-corrected chi connectivity index (χ2v) is 5.70. The molecule has 1 amide bonds. The van der Waals surface area contributed by atoms with Gasteiger partial charge in [0.2, 0.25) is 5.91 Å². The van der Waals surface area contributed by atoms with E-state index in [-0.39, 0.29) is 18.1 Å². The Kier molecular flexibility index (Phi) is 6.71. The first-order valence-corrected chi connectivity index (χ1v) is 8.13. The zero-order valence-electron chi connectivity index (χ0n) is 12.8. The largest absolute Gasteiger partial charge is 0.477 e. The van der Waals surface area contributed by atoms with Crippen LogP contribution in [0.25, 0.3) is 0 Å². The van der Waals surface area contributed by atoms with Crippen LogP contribution in [0.4, 0.5) is 0 Å². The maximum absolute atomic E-state index is 11.7. The Balaban J connectivity index is 1.76. The van der Waals surface area contributed by atoms with Crippen molar-refractivity contribution in [3.63, 3.8) is 0 Å². The Morgan fingerprint density at radius 1 is 1.27 bits per heavy atom. The van der Waals surface area contributed by atoms with Gasteiger partial charge in [-0.25, -0.2) is 9.97 Å². The number of methoxy groups -OCH3 is 1. The highest BCUT2D eigenvalue weighted by Crippen LogP contribution is 2.27. The molecule has 1 saturated carbocycles. The van der Waals surface area contributed by atoms with Gasteiger partial charge in [-0.05, 0) is 32.1 Å². The van der Waals surface area contributed by atoms with Crippen LogP contribution in [0.2, 0.25) is 0 Å². The van der Waals surface area contributed by atoms with E-state index in [1.807, 2.05) is 0 Å². The van der Waals surface area contributed by atoms with Crippen molar-refractivity contribution in [2.45, 2.75) is 50.7 Å². The highest BCUT2D eigenvalue weighted by molar-refractivity contribution is 6.17. The van der Waals surface area contributed by atoms with Gasteiger partial charge in [0.05, 0.1) is 7.11 Å². The molecular weight excluding hydrogens is 306 g/mol. The van der Waals surface area contributed by atoms with E-state index >= 15 is 0 Å². The summed E-state index contributed by atoms with van der Waals surface area (Å²) in [6, 6.07) is 0.228. The van der Waals surface area contributed by atoms with Gasteiger partial charge < -0.3 is 14.8 Å². The van der Waals surface area contributed by atoms with Crippen LogP contribution in [0.1, 0.15) is 38.5 Å². The molecule has 1 fully saturated rings. The first-order chi connectivity index (χ1) is 10.7. The Bertz CT molecular complexity index is 479. The van der Waals surface area contributed by atoms with Gasteiger partial charge in [-0.1, -0.05) is 0 Å². The number of ether oxygens (including phenoxy) is 2. The maximum Gasteiger partial charge on any atom is 0.278 e. The van der Waals surface area contributed by atoms with Crippen LogP contribution >= 0.6 is 11.6 Å². The number of amides is 1. The minimum Gasteiger partial charge on any atom is -0.477 e. The van der Waals surface area contributed by atoms with Gasteiger partial charge in [-0.2, -0.15) is 0 Å². The number of aromatic nitrogens is 2. The average molecular weight is 328 g/mol.